The molecule has 0 saturated carbocycles. The Balaban J connectivity index is 1.69. The average molecular weight is 489 g/mol. The first-order valence-corrected chi connectivity index (χ1v) is 11.6. The van der Waals surface area contributed by atoms with Crippen molar-refractivity contribution in [3.8, 4) is 45.8 Å². The highest BCUT2D eigenvalue weighted by Gasteiger charge is 2.23. The molecule has 6 nitrogen and oxygen atoms in total. The van der Waals surface area contributed by atoms with Crippen molar-refractivity contribution in [3.05, 3.63) is 96.1 Å². The number of hydrogen-bond acceptors (Lipinski definition) is 6. The van der Waals surface area contributed by atoms with Crippen molar-refractivity contribution in [2.45, 2.75) is 0 Å². The summed E-state index contributed by atoms with van der Waals surface area (Å²) in [6.07, 6.45) is 1.69. The number of rotatable bonds is 7. The summed E-state index contributed by atoms with van der Waals surface area (Å²) in [5, 5.41) is 12.3. The van der Waals surface area contributed by atoms with E-state index in [9.17, 15) is 5.26 Å². The Labute approximate surface area is 215 Å². The number of furan rings is 1. The maximum atomic E-state index is 10.2. The Kier molecular flexibility index (Phi) is 6.60. The molecule has 0 amide bonds. The van der Waals surface area contributed by atoms with Crippen LogP contribution < -0.4 is 14.2 Å². The van der Waals surface area contributed by atoms with E-state index in [1.165, 1.54) is 0 Å². The Hall–Kier alpha value is -5.02. The van der Waals surface area contributed by atoms with Crippen LogP contribution in [0.5, 0.6) is 17.2 Å². The summed E-state index contributed by atoms with van der Waals surface area (Å²) in [5.41, 5.74) is 3.42. The summed E-state index contributed by atoms with van der Waals surface area (Å²) in [6, 6.07) is 29.2. The number of nitrogens with zero attached hydrogens (tertiary/aromatic N) is 2. The Bertz CT molecular complexity index is 1630. The molecule has 0 saturated heterocycles. The Morgan fingerprint density at radius 2 is 1.41 bits per heavy atom. The number of methoxy groups -OCH3 is 3. The first-order valence-electron chi connectivity index (χ1n) is 11.6. The van der Waals surface area contributed by atoms with Crippen molar-refractivity contribution >= 4 is 22.9 Å². The van der Waals surface area contributed by atoms with Crippen molar-refractivity contribution in [2.24, 2.45) is 4.99 Å². The van der Waals surface area contributed by atoms with E-state index in [1.54, 1.807) is 27.5 Å². The van der Waals surface area contributed by atoms with Crippen LogP contribution in [0, 0.1) is 11.3 Å². The van der Waals surface area contributed by atoms with Crippen LogP contribution in [0.1, 0.15) is 11.1 Å². The molecule has 0 spiro atoms. The predicted molar refractivity (Wildman–Crippen MR) is 145 cm³/mol. The maximum absolute atomic E-state index is 10.2. The van der Waals surface area contributed by atoms with Crippen LogP contribution in [0.2, 0.25) is 0 Å². The van der Waals surface area contributed by atoms with Crippen LogP contribution in [0.3, 0.4) is 0 Å². The molecule has 5 aromatic rings. The molecule has 0 N–H and O–H groups in total. The molecule has 0 aliphatic heterocycles. The first-order chi connectivity index (χ1) is 18.2. The van der Waals surface area contributed by atoms with Crippen molar-refractivity contribution in [1.29, 1.82) is 5.26 Å². The van der Waals surface area contributed by atoms with E-state index in [4.69, 9.17) is 18.6 Å². The lowest BCUT2D eigenvalue weighted by Crippen LogP contribution is -1.92. The number of nitriles is 1. The summed E-state index contributed by atoms with van der Waals surface area (Å²) in [5.74, 6) is 2.88. The number of ether oxygens (including phenoxy) is 3. The van der Waals surface area contributed by atoms with Crippen LogP contribution in [0.4, 0.5) is 5.88 Å². The fraction of sp³-hybridized carbons (Fsp3) is 0.0968. The highest BCUT2D eigenvalue weighted by atomic mass is 16.5. The van der Waals surface area contributed by atoms with E-state index >= 15 is 0 Å². The average Bonchev–Trinajstić information content (AvgIpc) is 3.34. The van der Waals surface area contributed by atoms with Crippen LogP contribution in [-0.4, -0.2) is 27.5 Å². The molecule has 1 heterocycles. The molecule has 37 heavy (non-hydrogen) atoms. The molecule has 0 radical (unpaired) electrons. The van der Waals surface area contributed by atoms with Crippen molar-refractivity contribution < 1.29 is 18.6 Å². The highest BCUT2D eigenvalue weighted by molar-refractivity contribution is 6.03. The molecular weight excluding hydrogens is 464 g/mol. The van der Waals surface area contributed by atoms with Crippen molar-refractivity contribution in [1.82, 2.24) is 0 Å². The lowest BCUT2D eigenvalue weighted by molar-refractivity contribution is 0.414. The molecule has 4 aromatic carbocycles. The summed E-state index contributed by atoms with van der Waals surface area (Å²) in [7, 11) is 4.86. The van der Waals surface area contributed by atoms with Gasteiger partial charge in [-0.2, -0.15) is 5.26 Å². The number of fused-ring (bicyclic) bond motifs is 1. The van der Waals surface area contributed by atoms with Gasteiger partial charge in [0.2, 0.25) is 5.88 Å². The minimum atomic E-state index is 0.217. The summed E-state index contributed by atoms with van der Waals surface area (Å²) < 4.78 is 22.5. The Morgan fingerprint density at radius 3 is 2.03 bits per heavy atom. The van der Waals surface area contributed by atoms with Crippen LogP contribution >= 0.6 is 0 Å². The van der Waals surface area contributed by atoms with E-state index < -0.39 is 0 Å². The van der Waals surface area contributed by atoms with Gasteiger partial charge in [0.1, 0.15) is 34.6 Å². The zero-order valence-corrected chi connectivity index (χ0v) is 20.7. The molecule has 0 aliphatic carbocycles. The molecule has 0 unspecified atom stereocenters. The molecule has 5 rings (SSSR count). The second kappa shape index (κ2) is 10.3. The quantitative estimate of drug-likeness (QED) is 0.223. The predicted octanol–water partition coefficient (Wildman–Crippen LogP) is 7.41. The van der Waals surface area contributed by atoms with Gasteiger partial charge in [-0.25, -0.2) is 4.99 Å². The SMILES string of the molecule is COc1ccc(-c2oc(N=Cc3c(OC)ccc4ccccc34)c(C#N)c2-c2ccc(OC)cc2)cc1. The summed E-state index contributed by atoms with van der Waals surface area (Å²) >= 11 is 0. The van der Waals surface area contributed by atoms with Gasteiger partial charge in [-0.3, -0.25) is 0 Å². The minimum absolute atomic E-state index is 0.217. The molecular formula is C31H24N2O4. The topological polar surface area (TPSA) is 77.0 Å². The number of benzene rings is 4. The molecule has 0 bridgehead atoms. The van der Waals surface area contributed by atoms with Crippen LogP contribution in [-0.2, 0) is 0 Å². The number of aliphatic imine (C=N–C) groups is 1. The maximum Gasteiger partial charge on any atom is 0.238 e. The lowest BCUT2D eigenvalue weighted by Gasteiger charge is -2.08. The van der Waals surface area contributed by atoms with Gasteiger partial charge in [0, 0.05) is 22.9 Å². The second-order valence-corrected chi connectivity index (χ2v) is 8.22. The third-order valence-electron chi connectivity index (χ3n) is 6.19. The van der Waals surface area contributed by atoms with E-state index in [0.29, 0.717) is 22.6 Å². The molecule has 0 atom stereocenters. The van der Waals surface area contributed by atoms with Crippen molar-refractivity contribution in [3.63, 3.8) is 0 Å². The molecule has 0 aliphatic rings. The number of hydrogen-bond donors (Lipinski definition) is 0. The van der Waals surface area contributed by atoms with Gasteiger partial charge < -0.3 is 18.6 Å². The molecule has 0 fully saturated rings. The van der Waals surface area contributed by atoms with Gasteiger partial charge in [-0.15, -0.1) is 0 Å². The normalized spacial score (nSPS) is 11.0. The van der Waals surface area contributed by atoms with Gasteiger partial charge >= 0.3 is 0 Å². The third kappa shape index (κ3) is 4.51. The standard InChI is InChI=1S/C31H24N2O4/c1-34-23-13-8-21(9-14-23)29-26(18-32)31(37-30(29)22-10-15-24(35-2)16-11-22)33-19-27-25-7-5-4-6-20(25)12-17-28(27)36-3/h4-17,19H,1-3H3. The van der Waals surface area contributed by atoms with E-state index in [-0.39, 0.29) is 5.88 Å². The lowest BCUT2D eigenvalue weighted by atomic mass is 9.98. The van der Waals surface area contributed by atoms with Gasteiger partial charge in [-0.1, -0.05) is 42.5 Å². The minimum Gasteiger partial charge on any atom is -0.497 e. The van der Waals surface area contributed by atoms with Crippen LogP contribution in [0.15, 0.2) is 94.3 Å². The van der Waals surface area contributed by atoms with Crippen LogP contribution in [0.25, 0.3) is 33.2 Å². The van der Waals surface area contributed by atoms with Gasteiger partial charge in [-0.05, 0) is 58.8 Å². The molecule has 1 aromatic heterocycles. The highest BCUT2D eigenvalue weighted by Crippen LogP contribution is 2.43. The largest absolute Gasteiger partial charge is 0.497 e. The third-order valence-corrected chi connectivity index (χ3v) is 6.19. The van der Waals surface area contributed by atoms with E-state index in [2.05, 4.69) is 11.1 Å². The zero-order chi connectivity index (χ0) is 25.8. The zero-order valence-electron chi connectivity index (χ0n) is 20.7. The monoisotopic (exact) mass is 488 g/mol. The van der Waals surface area contributed by atoms with E-state index in [1.807, 2.05) is 84.9 Å². The fourth-order valence-electron chi connectivity index (χ4n) is 4.30. The fourth-order valence-corrected chi connectivity index (χ4v) is 4.30. The molecule has 6 heteroatoms. The van der Waals surface area contributed by atoms with Gasteiger partial charge in [0.15, 0.2) is 0 Å². The van der Waals surface area contributed by atoms with Crippen molar-refractivity contribution in [2.75, 3.05) is 21.3 Å². The summed E-state index contributed by atoms with van der Waals surface area (Å²) in [4.78, 5) is 4.66. The first kappa shape index (κ1) is 23.7. The smallest absolute Gasteiger partial charge is 0.238 e. The summed E-state index contributed by atoms with van der Waals surface area (Å²) in [6.45, 7) is 0. The second-order valence-electron chi connectivity index (χ2n) is 8.22. The van der Waals surface area contributed by atoms with Gasteiger partial charge in [0.25, 0.3) is 0 Å². The molecule has 182 valence electrons. The van der Waals surface area contributed by atoms with E-state index in [0.717, 1.165) is 39.0 Å². The van der Waals surface area contributed by atoms with Gasteiger partial charge in [0.05, 0.1) is 21.3 Å². The Morgan fingerprint density at radius 1 is 0.757 bits per heavy atom.